The van der Waals surface area contributed by atoms with Gasteiger partial charge in [0.15, 0.2) is 6.10 Å². The largest absolute Gasteiger partial charge is 0.464 e. The van der Waals surface area contributed by atoms with Crippen molar-refractivity contribution in [3.8, 4) is 0 Å². The van der Waals surface area contributed by atoms with E-state index >= 15 is 0 Å². The van der Waals surface area contributed by atoms with Crippen molar-refractivity contribution in [2.45, 2.75) is 78.2 Å². The van der Waals surface area contributed by atoms with Crippen LogP contribution in [0.2, 0.25) is 0 Å². The lowest BCUT2D eigenvalue weighted by Crippen LogP contribution is -2.59. The van der Waals surface area contributed by atoms with Gasteiger partial charge in [-0.15, -0.1) is 6.58 Å². The van der Waals surface area contributed by atoms with Crippen LogP contribution in [0.15, 0.2) is 12.7 Å². The molecule has 27 heavy (non-hydrogen) atoms. The third kappa shape index (κ3) is 9.83. The van der Waals surface area contributed by atoms with E-state index in [1.165, 1.54) is 6.08 Å². The third-order valence-electron chi connectivity index (χ3n) is 2.83. The fourth-order valence-corrected chi connectivity index (χ4v) is 1.91. The van der Waals surface area contributed by atoms with Gasteiger partial charge in [-0.25, -0.2) is 24.8 Å². The minimum Gasteiger partial charge on any atom is -0.464 e. The van der Waals surface area contributed by atoms with Crippen LogP contribution in [0.1, 0.15) is 54.9 Å². The first-order valence-corrected chi connectivity index (χ1v) is 8.69. The molecule has 2 amide bonds. The second-order valence-electron chi connectivity index (χ2n) is 7.75. The summed E-state index contributed by atoms with van der Waals surface area (Å²) in [5, 5.41) is 11.1. The van der Waals surface area contributed by atoms with Crippen molar-refractivity contribution in [1.82, 2.24) is 10.4 Å². The number of nitrogens with zero attached hydrogens (tertiary/aromatic N) is 1. The maximum absolute atomic E-state index is 12.6. The lowest BCUT2D eigenvalue weighted by Gasteiger charge is -2.35. The minimum absolute atomic E-state index is 0.0188. The van der Waals surface area contributed by atoms with E-state index in [0.29, 0.717) is 0 Å². The Kier molecular flexibility index (Phi) is 9.29. The van der Waals surface area contributed by atoms with Crippen molar-refractivity contribution in [1.29, 1.82) is 0 Å². The Hall–Kier alpha value is -2.29. The van der Waals surface area contributed by atoms with Gasteiger partial charge in [0, 0.05) is 0 Å². The normalized spacial score (nSPS) is 13.8. The predicted molar refractivity (Wildman–Crippen MR) is 98.7 cm³/mol. The van der Waals surface area contributed by atoms with Crippen LogP contribution < -0.4 is 5.43 Å². The van der Waals surface area contributed by atoms with E-state index in [2.05, 4.69) is 12.0 Å². The number of hydrogen-bond acceptors (Lipinski definition) is 7. The van der Waals surface area contributed by atoms with Crippen LogP contribution in [0.3, 0.4) is 0 Å². The van der Waals surface area contributed by atoms with Gasteiger partial charge >= 0.3 is 18.2 Å². The number of hydrazine groups is 1. The second-order valence-corrected chi connectivity index (χ2v) is 7.75. The van der Waals surface area contributed by atoms with Crippen LogP contribution in [0.5, 0.6) is 0 Å². The molecule has 0 aliphatic rings. The average Bonchev–Trinajstić information content (AvgIpc) is 2.46. The third-order valence-corrected chi connectivity index (χ3v) is 2.83. The quantitative estimate of drug-likeness (QED) is 0.311. The number of aliphatic hydroxyl groups is 1. The summed E-state index contributed by atoms with van der Waals surface area (Å²) in [4.78, 5) is 36.7. The van der Waals surface area contributed by atoms with Crippen LogP contribution >= 0.6 is 0 Å². The molecule has 2 N–H and O–H groups in total. The van der Waals surface area contributed by atoms with E-state index in [9.17, 15) is 19.5 Å². The first kappa shape index (κ1) is 24.7. The molecule has 9 nitrogen and oxygen atoms in total. The van der Waals surface area contributed by atoms with Crippen LogP contribution in [-0.4, -0.2) is 58.2 Å². The first-order chi connectivity index (χ1) is 12.2. The zero-order valence-corrected chi connectivity index (χ0v) is 17.2. The van der Waals surface area contributed by atoms with Gasteiger partial charge < -0.3 is 19.3 Å². The lowest BCUT2D eigenvalue weighted by atomic mass is 10.1. The van der Waals surface area contributed by atoms with E-state index in [4.69, 9.17) is 14.2 Å². The van der Waals surface area contributed by atoms with E-state index < -0.39 is 41.5 Å². The van der Waals surface area contributed by atoms with Gasteiger partial charge in [0.05, 0.1) is 12.6 Å². The molecular formula is C18H32N2O7. The van der Waals surface area contributed by atoms with Crippen LogP contribution in [0, 0.1) is 0 Å². The Morgan fingerprint density at radius 1 is 1.11 bits per heavy atom. The maximum Gasteiger partial charge on any atom is 0.429 e. The molecule has 0 rings (SSSR count). The molecule has 0 heterocycles. The van der Waals surface area contributed by atoms with Crippen molar-refractivity contribution in [3.05, 3.63) is 12.7 Å². The smallest absolute Gasteiger partial charge is 0.429 e. The van der Waals surface area contributed by atoms with Gasteiger partial charge in [0.2, 0.25) is 0 Å². The second kappa shape index (κ2) is 10.1. The van der Waals surface area contributed by atoms with Gasteiger partial charge in [-0.2, -0.15) is 0 Å². The number of nitrogens with one attached hydrogen (secondary N) is 1. The highest BCUT2D eigenvalue weighted by Gasteiger charge is 2.38. The van der Waals surface area contributed by atoms with Crippen LogP contribution in [-0.2, 0) is 19.0 Å². The fraction of sp³-hybridized carbons (Fsp3) is 0.722. The topological polar surface area (TPSA) is 114 Å². The van der Waals surface area contributed by atoms with Crippen molar-refractivity contribution in [3.63, 3.8) is 0 Å². The van der Waals surface area contributed by atoms with Crippen molar-refractivity contribution in [2.75, 3.05) is 6.61 Å². The van der Waals surface area contributed by atoms with Gasteiger partial charge in [-0.05, 0) is 54.9 Å². The molecule has 0 spiro atoms. The molecular weight excluding hydrogens is 356 g/mol. The molecule has 156 valence electrons. The van der Waals surface area contributed by atoms with Crippen molar-refractivity contribution < 1.29 is 33.7 Å². The highest BCUT2D eigenvalue weighted by Crippen LogP contribution is 2.17. The molecule has 0 unspecified atom stereocenters. The highest BCUT2D eigenvalue weighted by atomic mass is 16.6. The molecule has 2 atom stereocenters. The van der Waals surface area contributed by atoms with E-state index in [0.717, 1.165) is 5.01 Å². The summed E-state index contributed by atoms with van der Waals surface area (Å²) in [6.07, 6.45) is -2.27. The number of carbonyl (C=O) groups excluding carboxylic acids is 3. The molecule has 0 aromatic carbocycles. The summed E-state index contributed by atoms with van der Waals surface area (Å²) in [7, 11) is 0. The SMILES string of the molecule is C=CC[C@H]([C@H](O)C(=O)OCC)N(NC(=O)OC(C)(C)C)C(=O)OC(C)(C)C. The minimum atomic E-state index is -1.73. The number of ether oxygens (including phenoxy) is 3. The molecule has 0 fully saturated rings. The first-order valence-electron chi connectivity index (χ1n) is 8.69. The molecule has 0 radical (unpaired) electrons. The van der Waals surface area contributed by atoms with Gasteiger partial charge in [-0.3, -0.25) is 0 Å². The average molecular weight is 388 g/mol. The van der Waals surface area contributed by atoms with Gasteiger partial charge in [0.25, 0.3) is 0 Å². The molecule has 0 bridgehead atoms. The number of rotatable bonds is 6. The van der Waals surface area contributed by atoms with Crippen LogP contribution in [0.25, 0.3) is 0 Å². The van der Waals surface area contributed by atoms with Crippen LogP contribution in [0.4, 0.5) is 9.59 Å². The maximum atomic E-state index is 12.6. The summed E-state index contributed by atoms with van der Waals surface area (Å²) in [6.45, 7) is 15.1. The monoisotopic (exact) mass is 388 g/mol. The highest BCUT2D eigenvalue weighted by molar-refractivity contribution is 5.78. The zero-order valence-electron chi connectivity index (χ0n) is 17.2. The summed E-state index contributed by atoms with van der Waals surface area (Å²) < 4.78 is 15.2. The lowest BCUT2D eigenvalue weighted by molar-refractivity contribution is -0.157. The predicted octanol–water partition coefficient (Wildman–Crippen LogP) is 2.53. The molecule has 0 saturated heterocycles. The van der Waals surface area contributed by atoms with Crippen molar-refractivity contribution >= 4 is 18.2 Å². The Labute approximate surface area is 160 Å². The Morgan fingerprint density at radius 2 is 1.63 bits per heavy atom. The molecule has 9 heteroatoms. The number of amides is 2. The Balaban J connectivity index is 5.71. The Morgan fingerprint density at radius 3 is 2.04 bits per heavy atom. The van der Waals surface area contributed by atoms with E-state index in [-0.39, 0.29) is 13.0 Å². The van der Waals surface area contributed by atoms with Gasteiger partial charge in [0.1, 0.15) is 11.2 Å². The zero-order chi connectivity index (χ0) is 21.4. The summed E-state index contributed by atoms with van der Waals surface area (Å²) in [5.41, 5.74) is 0.542. The van der Waals surface area contributed by atoms with Crippen molar-refractivity contribution in [2.24, 2.45) is 0 Å². The number of carbonyl (C=O) groups is 3. The number of aliphatic hydroxyl groups excluding tert-OH is 1. The standard InChI is InChI=1S/C18H32N2O7/c1-9-11-12(13(21)14(22)25-10-2)20(16(24)27-18(6,7)8)19-15(23)26-17(3,4)5/h9,12-13,21H,1,10-11H2,2-8H3,(H,19,23)/t12-,13+/m1/s1. The summed E-state index contributed by atoms with van der Waals surface area (Å²) >= 11 is 0. The fourth-order valence-electron chi connectivity index (χ4n) is 1.91. The molecule has 0 aliphatic carbocycles. The van der Waals surface area contributed by atoms with E-state index in [1.54, 1.807) is 48.5 Å². The van der Waals surface area contributed by atoms with Gasteiger partial charge in [-0.1, -0.05) is 6.08 Å². The molecule has 0 aromatic rings. The summed E-state index contributed by atoms with van der Waals surface area (Å²) in [6, 6.07) is -1.20. The van der Waals surface area contributed by atoms with E-state index in [1.807, 2.05) is 0 Å². The number of esters is 1. The number of hydrogen-bond donors (Lipinski definition) is 2. The molecule has 0 aromatic heterocycles. The molecule has 0 saturated carbocycles. The Bertz CT molecular complexity index is 535. The molecule has 0 aliphatic heterocycles. The summed E-state index contributed by atoms with van der Waals surface area (Å²) in [5.74, 6) is -0.941.